The second-order valence-corrected chi connectivity index (χ2v) is 6.39. The molecule has 0 bridgehead atoms. The highest BCUT2D eigenvalue weighted by atomic mass is 32.1. The molecular weight excluding hydrogens is 370 g/mol. The van der Waals surface area contributed by atoms with Crippen molar-refractivity contribution in [2.45, 2.75) is 31.8 Å². The molecule has 0 spiro atoms. The van der Waals surface area contributed by atoms with Gasteiger partial charge >= 0.3 is 5.97 Å². The lowest BCUT2D eigenvalue weighted by Crippen LogP contribution is -2.52. The zero-order valence-corrected chi connectivity index (χ0v) is 15.6. The lowest BCUT2D eigenvalue weighted by molar-refractivity contribution is -0.142. The molecule has 2 aromatic rings. The van der Waals surface area contributed by atoms with Gasteiger partial charge in [0.15, 0.2) is 0 Å². The van der Waals surface area contributed by atoms with Crippen LogP contribution in [0.4, 0.5) is 0 Å². The van der Waals surface area contributed by atoms with Gasteiger partial charge in [-0.1, -0.05) is 35.5 Å². The maximum Gasteiger partial charge on any atom is 0.326 e. The van der Waals surface area contributed by atoms with Crippen molar-refractivity contribution in [3.63, 3.8) is 0 Å². The average molecular weight is 391 g/mol. The Morgan fingerprint density at radius 3 is 2.44 bits per heavy atom. The van der Waals surface area contributed by atoms with Crippen molar-refractivity contribution < 1.29 is 24.0 Å². The number of aryl methyl sites for hydroxylation is 1. The molecule has 1 aromatic heterocycles. The van der Waals surface area contributed by atoms with Crippen LogP contribution >= 0.6 is 12.6 Å². The standard InChI is InChI=1S/C18H21N3O5S/c1-11-13(10-26-21-11)16(22)19-14(7-8-27)17(23)20-15(18(24)25)9-12-5-3-2-4-6-12/h2-6,10,14-15,27H,7-9H2,1H3,(H,19,22)(H,20,23)(H,24,25)/t14?,15-/m1/s1. The highest BCUT2D eigenvalue weighted by Crippen LogP contribution is 2.08. The number of aromatic nitrogens is 1. The second-order valence-electron chi connectivity index (χ2n) is 5.94. The quantitative estimate of drug-likeness (QED) is 0.477. The Bertz CT molecular complexity index is 793. The van der Waals surface area contributed by atoms with Gasteiger partial charge < -0.3 is 20.3 Å². The van der Waals surface area contributed by atoms with E-state index in [2.05, 4.69) is 28.4 Å². The van der Waals surface area contributed by atoms with Crippen LogP contribution in [0.1, 0.15) is 28.0 Å². The molecule has 0 saturated carbocycles. The summed E-state index contributed by atoms with van der Waals surface area (Å²) in [6.07, 6.45) is 1.56. The molecule has 9 heteroatoms. The highest BCUT2D eigenvalue weighted by Gasteiger charge is 2.27. The Morgan fingerprint density at radius 2 is 1.89 bits per heavy atom. The number of carbonyl (C=O) groups is 3. The molecule has 0 saturated heterocycles. The zero-order chi connectivity index (χ0) is 19.8. The van der Waals surface area contributed by atoms with Crippen molar-refractivity contribution in [3.05, 3.63) is 53.4 Å². The van der Waals surface area contributed by atoms with Gasteiger partial charge in [-0.05, 0) is 24.7 Å². The van der Waals surface area contributed by atoms with Crippen LogP contribution in [0, 0.1) is 6.92 Å². The van der Waals surface area contributed by atoms with Crippen LogP contribution in [-0.4, -0.2) is 45.9 Å². The van der Waals surface area contributed by atoms with Crippen LogP contribution in [0.3, 0.4) is 0 Å². The lowest BCUT2D eigenvalue weighted by atomic mass is 10.1. The minimum absolute atomic E-state index is 0.133. The number of benzene rings is 1. The van der Waals surface area contributed by atoms with E-state index < -0.39 is 29.9 Å². The summed E-state index contributed by atoms with van der Waals surface area (Å²) >= 11 is 4.11. The Kier molecular flexibility index (Phi) is 7.42. The molecule has 144 valence electrons. The Balaban J connectivity index is 2.06. The Labute approximate surface area is 161 Å². The molecule has 1 unspecified atom stereocenters. The van der Waals surface area contributed by atoms with Gasteiger partial charge in [-0.3, -0.25) is 9.59 Å². The molecule has 8 nitrogen and oxygen atoms in total. The first-order chi connectivity index (χ1) is 12.9. The van der Waals surface area contributed by atoms with Crippen molar-refractivity contribution in [2.24, 2.45) is 0 Å². The van der Waals surface area contributed by atoms with E-state index in [0.717, 1.165) is 5.56 Å². The molecular formula is C18H21N3O5S. The van der Waals surface area contributed by atoms with E-state index in [0.29, 0.717) is 11.4 Å². The number of aliphatic carboxylic acids is 1. The molecule has 0 aliphatic rings. The summed E-state index contributed by atoms with van der Waals surface area (Å²) in [4.78, 5) is 36.4. The normalized spacial score (nSPS) is 12.8. The summed E-state index contributed by atoms with van der Waals surface area (Å²) in [5, 5.41) is 18.1. The molecule has 2 amide bonds. The molecule has 0 fully saturated rings. The first-order valence-corrected chi connectivity index (χ1v) is 8.95. The highest BCUT2D eigenvalue weighted by molar-refractivity contribution is 7.80. The predicted octanol–water partition coefficient (Wildman–Crippen LogP) is 1.21. The summed E-state index contributed by atoms with van der Waals surface area (Å²) in [6.45, 7) is 1.60. The lowest BCUT2D eigenvalue weighted by Gasteiger charge is -2.21. The number of amides is 2. The smallest absolute Gasteiger partial charge is 0.326 e. The number of carboxylic acids is 1. The molecule has 27 heavy (non-hydrogen) atoms. The molecule has 1 heterocycles. The van der Waals surface area contributed by atoms with Crippen LogP contribution in [0.2, 0.25) is 0 Å². The van der Waals surface area contributed by atoms with Crippen molar-refractivity contribution >= 4 is 30.4 Å². The van der Waals surface area contributed by atoms with Crippen LogP contribution < -0.4 is 10.6 Å². The van der Waals surface area contributed by atoms with Crippen LogP contribution in [0.15, 0.2) is 41.1 Å². The van der Waals surface area contributed by atoms with E-state index in [1.807, 2.05) is 6.07 Å². The Hall–Kier alpha value is -2.81. The van der Waals surface area contributed by atoms with Gasteiger partial charge in [0, 0.05) is 6.42 Å². The number of hydrogen-bond donors (Lipinski definition) is 4. The number of hydrogen-bond acceptors (Lipinski definition) is 6. The minimum atomic E-state index is -1.15. The van der Waals surface area contributed by atoms with E-state index in [1.165, 1.54) is 6.26 Å². The summed E-state index contributed by atoms with van der Waals surface area (Å²) in [7, 11) is 0. The van der Waals surface area contributed by atoms with Crippen LogP contribution in [-0.2, 0) is 16.0 Å². The van der Waals surface area contributed by atoms with Crippen molar-refractivity contribution in [2.75, 3.05) is 5.75 Å². The van der Waals surface area contributed by atoms with Crippen molar-refractivity contribution in [1.29, 1.82) is 0 Å². The van der Waals surface area contributed by atoms with E-state index in [-0.39, 0.29) is 18.4 Å². The number of nitrogens with zero attached hydrogens (tertiary/aromatic N) is 1. The first kappa shape index (κ1) is 20.5. The maximum atomic E-state index is 12.6. The molecule has 0 aliphatic carbocycles. The first-order valence-electron chi connectivity index (χ1n) is 8.32. The van der Waals surface area contributed by atoms with Gasteiger partial charge in [0.2, 0.25) is 5.91 Å². The predicted molar refractivity (Wildman–Crippen MR) is 101 cm³/mol. The van der Waals surface area contributed by atoms with Crippen LogP contribution in [0.25, 0.3) is 0 Å². The zero-order valence-electron chi connectivity index (χ0n) is 14.7. The van der Waals surface area contributed by atoms with Crippen molar-refractivity contribution in [3.8, 4) is 0 Å². The fourth-order valence-electron chi connectivity index (χ4n) is 2.47. The number of carbonyl (C=O) groups excluding carboxylic acids is 2. The molecule has 3 N–H and O–H groups in total. The maximum absolute atomic E-state index is 12.6. The summed E-state index contributed by atoms with van der Waals surface area (Å²) in [6, 6.07) is 6.93. The van der Waals surface area contributed by atoms with Gasteiger partial charge in [-0.25, -0.2) is 4.79 Å². The number of nitrogens with one attached hydrogen (secondary N) is 2. The third-order valence-electron chi connectivity index (χ3n) is 3.93. The van der Waals surface area contributed by atoms with Crippen LogP contribution in [0.5, 0.6) is 0 Å². The summed E-state index contributed by atoms with van der Waals surface area (Å²) < 4.78 is 4.73. The molecule has 0 radical (unpaired) electrons. The fraction of sp³-hybridized carbons (Fsp3) is 0.333. The second kappa shape index (κ2) is 9.77. The fourth-order valence-corrected chi connectivity index (χ4v) is 2.72. The third kappa shape index (κ3) is 5.85. The van der Waals surface area contributed by atoms with E-state index in [1.54, 1.807) is 31.2 Å². The number of thiol groups is 1. The monoisotopic (exact) mass is 391 g/mol. The minimum Gasteiger partial charge on any atom is -0.480 e. The SMILES string of the molecule is Cc1nocc1C(=O)NC(CCS)C(=O)N[C@H](Cc1ccccc1)C(=O)O. The summed E-state index contributed by atoms with van der Waals surface area (Å²) in [5.74, 6) is -1.93. The van der Waals surface area contributed by atoms with Gasteiger partial charge in [0.25, 0.3) is 5.91 Å². The van der Waals surface area contributed by atoms with Crippen molar-refractivity contribution in [1.82, 2.24) is 15.8 Å². The number of rotatable bonds is 9. The van der Waals surface area contributed by atoms with Gasteiger partial charge in [0.05, 0.1) is 5.69 Å². The van der Waals surface area contributed by atoms with Gasteiger partial charge in [-0.2, -0.15) is 12.6 Å². The average Bonchev–Trinajstić information content (AvgIpc) is 3.07. The van der Waals surface area contributed by atoms with E-state index in [9.17, 15) is 19.5 Å². The number of carboxylic acid groups (broad SMARTS) is 1. The summed E-state index contributed by atoms with van der Waals surface area (Å²) in [5.41, 5.74) is 1.39. The molecule has 0 aliphatic heterocycles. The van der Waals surface area contributed by atoms with Gasteiger partial charge in [0.1, 0.15) is 23.9 Å². The molecule has 2 rings (SSSR count). The largest absolute Gasteiger partial charge is 0.480 e. The third-order valence-corrected chi connectivity index (χ3v) is 4.19. The van der Waals surface area contributed by atoms with Gasteiger partial charge in [-0.15, -0.1) is 0 Å². The topological polar surface area (TPSA) is 122 Å². The molecule has 1 aromatic carbocycles. The van der Waals surface area contributed by atoms with E-state index >= 15 is 0 Å². The Morgan fingerprint density at radius 1 is 1.19 bits per heavy atom. The molecule has 2 atom stereocenters. The van der Waals surface area contributed by atoms with E-state index in [4.69, 9.17) is 4.52 Å².